The van der Waals surface area contributed by atoms with E-state index in [4.69, 9.17) is 13.1 Å². The van der Waals surface area contributed by atoms with E-state index in [0.717, 1.165) is 11.8 Å². The zero-order valence-corrected chi connectivity index (χ0v) is 17.1. The molecule has 0 radical (unpaired) electrons. The van der Waals surface area contributed by atoms with Crippen molar-refractivity contribution >= 4 is 16.0 Å². The highest BCUT2D eigenvalue weighted by molar-refractivity contribution is 7.86. The van der Waals surface area contributed by atoms with Crippen LogP contribution < -0.4 is 5.32 Å². The second kappa shape index (κ2) is 8.00. The van der Waals surface area contributed by atoms with Crippen molar-refractivity contribution in [3.8, 4) is 11.3 Å². The van der Waals surface area contributed by atoms with Crippen molar-refractivity contribution in [1.82, 2.24) is 20.7 Å². The molecule has 2 aromatic heterocycles. The van der Waals surface area contributed by atoms with Gasteiger partial charge in [-0.15, -0.1) is 10.2 Å². The Morgan fingerprint density at radius 3 is 2.67 bits per heavy atom. The van der Waals surface area contributed by atoms with Crippen LogP contribution in [0.2, 0.25) is 0 Å². The van der Waals surface area contributed by atoms with Gasteiger partial charge in [-0.05, 0) is 19.8 Å². The molecule has 1 N–H and O–H groups in total. The SMILES string of the molecule is C[C@@H](OS(C)(=O)=O)c1nnc([C@H]2C[C@H](NC(=O)c3cc(-c4ccccc4)no3)C2)o1. The number of rotatable bonds is 7. The van der Waals surface area contributed by atoms with Gasteiger partial charge >= 0.3 is 0 Å². The molecule has 1 aliphatic carbocycles. The standard InChI is InChI=1S/C19H20N4O6S/c1-11(29-30(2,25)26)18-21-22-19(27-18)13-8-14(9-13)20-17(24)16-10-15(23-28-16)12-6-4-3-5-7-12/h3-7,10-11,13-14H,8-9H2,1-2H3,(H,20,24)/t11-,13-,14-/m1/s1. The van der Waals surface area contributed by atoms with Gasteiger partial charge in [-0.2, -0.15) is 8.42 Å². The first-order chi connectivity index (χ1) is 14.3. The van der Waals surface area contributed by atoms with E-state index in [9.17, 15) is 13.2 Å². The van der Waals surface area contributed by atoms with Crippen LogP contribution in [0.3, 0.4) is 0 Å². The smallest absolute Gasteiger partial charge is 0.290 e. The topological polar surface area (TPSA) is 137 Å². The molecule has 1 atom stereocenters. The number of nitrogens with zero attached hydrogens (tertiary/aromatic N) is 3. The summed E-state index contributed by atoms with van der Waals surface area (Å²) in [7, 11) is -3.63. The van der Waals surface area contributed by atoms with Crippen LogP contribution in [-0.2, 0) is 14.3 Å². The summed E-state index contributed by atoms with van der Waals surface area (Å²) in [6, 6.07) is 11.0. The van der Waals surface area contributed by atoms with Crippen molar-refractivity contribution in [3.63, 3.8) is 0 Å². The van der Waals surface area contributed by atoms with Crippen molar-refractivity contribution in [3.05, 3.63) is 53.9 Å². The summed E-state index contributed by atoms with van der Waals surface area (Å²) in [6.07, 6.45) is 1.34. The maximum absolute atomic E-state index is 12.4. The van der Waals surface area contributed by atoms with Gasteiger partial charge in [-0.3, -0.25) is 8.98 Å². The van der Waals surface area contributed by atoms with E-state index in [1.807, 2.05) is 30.3 Å². The molecule has 0 spiro atoms. The van der Waals surface area contributed by atoms with Crippen LogP contribution >= 0.6 is 0 Å². The summed E-state index contributed by atoms with van der Waals surface area (Å²) in [5, 5.41) is 14.7. The maximum atomic E-state index is 12.4. The molecule has 4 rings (SSSR count). The maximum Gasteiger partial charge on any atom is 0.290 e. The third kappa shape index (κ3) is 4.57. The lowest BCUT2D eigenvalue weighted by Gasteiger charge is -2.33. The molecule has 0 unspecified atom stereocenters. The summed E-state index contributed by atoms with van der Waals surface area (Å²) in [4.78, 5) is 12.4. The molecule has 0 saturated heterocycles. The molecule has 158 valence electrons. The van der Waals surface area contributed by atoms with Gasteiger partial charge in [-0.25, -0.2) is 0 Å². The molecule has 0 aliphatic heterocycles. The van der Waals surface area contributed by atoms with Crippen LogP contribution in [0.15, 0.2) is 45.3 Å². The molecule has 10 nitrogen and oxygen atoms in total. The van der Waals surface area contributed by atoms with Crippen LogP contribution in [0.5, 0.6) is 0 Å². The fourth-order valence-corrected chi connectivity index (χ4v) is 3.81. The molecule has 2 heterocycles. The average molecular weight is 432 g/mol. The highest BCUT2D eigenvalue weighted by Crippen LogP contribution is 2.37. The predicted molar refractivity (Wildman–Crippen MR) is 104 cm³/mol. The van der Waals surface area contributed by atoms with Gasteiger partial charge in [0.1, 0.15) is 5.69 Å². The Kier molecular flexibility index (Phi) is 5.39. The fourth-order valence-electron chi connectivity index (χ4n) is 3.20. The summed E-state index contributed by atoms with van der Waals surface area (Å²) < 4.78 is 37.9. The third-order valence-electron chi connectivity index (χ3n) is 4.75. The average Bonchev–Trinajstić information content (AvgIpc) is 3.33. The molecule has 1 saturated carbocycles. The van der Waals surface area contributed by atoms with Crippen molar-refractivity contribution in [1.29, 1.82) is 0 Å². The second-order valence-electron chi connectivity index (χ2n) is 7.20. The van der Waals surface area contributed by atoms with Gasteiger partial charge in [0.15, 0.2) is 6.10 Å². The van der Waals surface area contributed by atoms with Gasteiger partial charge in [-0.1, -0.05) is 35.5 Å². The Morgan fingerprint density at radius 1 is 1.23 bits per heavy atom. The molecule has 1 amide bonds. The van der Waals surface area contributed by atoms with Crippen molar-refractivity contribution in [2.75, 3.05) is 6.26 Å². The Labute approximate surface area is 172 Å². The molecule has 1 aliphatic rings. The Hall–Kier alpha value is -3.05. The molecular formula is C19H20N4O6S. The minimum absolute atomic E-state index is 0.0170. The number of hydrogen-bond donors (Lipinski definition) is 1. The first-order valence-corrected chi connectivity index (χ1v) is 11.1. The monoisotopic (exact) mass is 432 g/mol. The van der Waals surface area contributed by atoms with Crippen LogP contribution in [0.25, 0.3) is 11.3 Å². The Morgan fingerprint density at radius 2 is 1.97 bits per heavy atom. The van der Waals surface area contributed by atoms with Crippen molar-refractivity contribution in [2.45, 2.75) is 37.8 Å². The third-order valence-corrected chi connectivity index (χ3v) is 5.39. The quantitative estimate of drug-likeness (QED) is 0.558. The first-order valence-electron chi connectivity index (χ1n) is 9.33. The number of nitrogens with one attached hydrogen (secondary N) is 1. The fraction of sp³-hybridized carbons (Fsp3) is 0.368. The summed E-state index contributed by atoms with van der Waals surface area (Å²) >= 11 is 0. The van der Waals surface area contributed by atoms with Gasteiger partial charge in [0.2, 0.25) is 17.5 Å². The first kappa shape index (κ1) is 20.2. The Bertz CT molecular complexity index is 1130. The zero-order valence-electron chi connectivity index (χ0n) is 16.3. The number of benzene rings is 1. The van der Waals surface area contributed by atoms with Crippen LogP contribution in [0.4, 0.5) is 0 Å². The summed E-state index contributed by atoms with van der Waals surface area (Å²) in [5.74, 6) is 0.277. The molecular weight excluding hydrogens is 412 g/mol. The van der Waals surface area contributed by atoms with E-state index in [2.05, 4.69) is 20.7 Å². The largest absolute Gasteiger partial charge is 0.422 e. The second-order valence-corrected chi connectivity index (χ2v) is 8.80. The molecule has 11 heteroatoms. The van der Waals surface area contributed by atoms with Gasteiger partial charge in [0.25, 0.3) is 16.0 Å². The molecule has 1 aromatic carbocycles. The van der Waals surface area contributed by atoms with Crippen molar-refractivity contribution < 1.29 is 26.3 Å². The summed E-state index contributed by atoms with van der Waals surface area (Å²) in [6.45, 7) is 1.52. The van der Waals surface area contributed by atoms with Crippen LogP contribution in [0, 0.1) is 0 Å². The number of hydrogen-bond acceptors (Lipinski definition) is 9. The lowest BCUT2D eigenvalue weighted by atomic mass is 9.80. The summed E-state index contributed by atoms with van der Waals surface area (Å²) in [5.41, 5.74) is 1.46. The molecule has 30 heavy (non-hydrogen) atoms. The van der Waals surface area contributed by atoms with E-state index in [1.165, 1.54) is 6.92 Å². The normalized spacial score (nSPS) is 19.8. The van der Waals surface area contributed by atoms with Crippen LogP contribution in [-0.4, -0.2) is 42.0 Å². The van der Waals surface area contributed by atoms with E-state index in [1.54, 1.807) is 6.07 Å². The number of aromatic nitrogens is 3. The van der Waals surface area contributed by atoms with Crippen LogP contribution in [0.1, 0.15) is 54.1 Å². The van der Waals surface area contributed by atoms with Crippen molar-refractivity contribution in [2.24, 2.45) is 0 Å². The number of carbonyl (C=O) groups is 1. The van der Waals surface area contributed by atoms with Gasteiger partial charge in [0, 0.05) is 23.6 Å². The lowest BCUT2D eigenvalue weighted by Crippen LogP contribution is -2.43. The van der Waals surface area contributed by atoms with E-state index in [0.29, 0.717) is 24.4 Å². The van der Waals surface area contributed by atoms with Gasteiger partial charge < -0.3 is 14.3 Å². The zero-order chi connectivity index (χ0) is 21.3. The molecule has 0 bridgehead atoms. The molecule has 3 aromatic rings. The Balaban J connectivity index is 1.30. The minimum atomic E-state index is -3.63. The molecule has 1 fully saturated rings. The highest BCUT2D eigenvalue weighted by Gasteiger charge is 2.36. The number of amides is 1. The van der Waals surface area contributed by atoms with E-state index >= 15 is 0 Å². The lowest BCUT2D eigenvalue weighted by molar-refractivity contribution is 0.0865. The van der Waals surface area contributed by atoms with Gasteiger partial charge in [0.05, 0.1) is 6.26 Å². The van der Waals surface area contributed by atoms with E-state index in [-0.39, 0.29) is 29.5 Å². The minimum Gasteiger partial charge on any atom is -0.422 e. The highest BCUT2D eigenvalue weighted by atomic mass is 32.2. The number of carbonyl (C=O) groups excluding carboxylic acids is 1. The predicted octanol–water partition coefficient (Wildman–Crippen LogP) is 2.44. The van der Waals surface area contributed by atoms with E-state index < -0.39 is 16.2 Å².